The highest BCUT2D eigenvalue weighted by Gasteiger charge is 2.54. The topological polar surface area (TPSA) is 68.3 Å². The first-order chi connectivity index (χ1) is 17.3. The Labute approximate surface area is 215 Å². The van der Waals surface area contributed by atoms with E-state index in [0.29, 0.717) is 34.2 Å². The first-order valence-corrected chi connectivity index (χ1v) is 13.0. The minimum Gasteiger partial charge on any atom is -0.493 e. The van der Waals surface area contributed by atoms with E-state index >= 15 is 0 Å². The Morgan fingerprint density at radius 1 is 1.06 bits per heavy atom. The van der Waals surface area contributed by atoms with Crippen molar-refractivity contribution in [1.29, 1.82) is 0 Å². The van der Waals surface area contributed by atoms with Crippen molar-refractivity contribution in [1.82, 2.24) is 4.90 Å². The number of amides is 1. The standard InChI is InChI=1S/C27H33FN2O5S/c1-18(29-12-6-5-7-13-29)17-30-21-15-20(28)9-11-24(21)36-27(25(30)31,26(32)35-4)16-19-8-10-22(33-2)23(14-19)34-3/h8-11,14-15,18H,5-7,12-13,16-17H2,1-4H3. The summed E-state index contributed by atoms with van der Waals surface area (Å²) in [5.41, 5.74) is 1.20. The number of hydrogen-bond donors (Lipinski definition) is 0. The second-order valence-electron chi connectivity index (χ2n) is 9.26. The van der Waals surface area contributed by atoms with Gasteiger partial charge in [0.2, 0.25) is 4.75 Å². The van der Waals surface area contributed by atoms with Crippen LogP contribution in [0.2, 0.25) is 0 Å². The Balaban J connectivity index is 1.75. The van der Waals surface area contributed by atoms with Gasteiger partial charge in [0.15, 0.2) is 11.5 Å². The molecule has 194 valence electrons. The van der Waals surface area contributed by atoms with Crippen molar-refractivity contribution in [3.05, 3.63) is 47.8 Å². The maximum atomic E-state index is 14.3. The minimum atomic E-state index is -1.57. The molecule has 2 atom stereocenters. The van der Waals surface area contributed by atoms with E-state index in [0.717, 1.165) is 37.7 Å². The molecule has 2 unspecified atom stereocenters. The second-order valence-corrected chi connectivity index (χ2v) is 10.6. The van der Waals surface area contributed by atoms with Crippen LogP contribution in [0.3, 0.4) is 0 Å². The van der Waals surface area contributed by atoms with Crippen LogP contribution in [0, 0.1) is 5.82 Å². The van der Waals surface area contributed by atoms with Crippen molar-refractivity contribution < 1.29 is 28.2 Å². The molecule has 2 aromatic rings. The van der Waals surface area contributed by atoms with Gasteiger partial charge >= 0.3 is 5.97 Å². The zero-order chi connectivity index (χ0) is 25.9. The van der Waals surface area contributed by atoms with Crippen molar-refractivity contribution in [2.45, 2.75) is 48.3 Å². The molecular weight excluding hydrogens is 483 g/mol. The summed E-state index contributed by atoms with van der Waals surface area (Å²) in [6.07, 6.45) is 3.51. The van der Waals surface area contributed by atoms with Crippen molar-refractivity contribution >= 4 is 29.3 Å². The predicted molar refractivity (Wildman–Crippen MR) is 137 cm³/mol. The molecule has 0 aliphatic carbocycles. The van der Waals surface area contributed by atoms with E-state index in [1.165, 1.54) is 32.8 Å². The van der Waals surface area contributed by atoms with E-state index < -0.39 is 22.4 Å². The first kappa shape index (κ1) is 26.3. The Morgan fingerprint density at radius 2 is 1.78 bits per heavy atom. The van der Waals surface area contributed by atoms with Gasteiger partial charge in [0, 0.05) is 23.9 Å². The Kier molecular flexibility index (Phi) is 8.10. The molecule has 7 nitrogen and oxygen atoms in total. The summed E-state index contributed by atoms with van der Waals surface area (Å²) in [6, 6.07) is 9.72. The van der Waals surface area contributed by atoms with Crippen molar-refractivity contribution in [3.8, 4) is 11.5 Å². The van der Waals surface area contributed by atoms with E-state index in [-0.39, 0.29) is 12.5 Å². The molecule has 2 aliphatic rings. The number of anilines is 1. The molecule has 0 radical (unpaired) electrons. The zero-order valence-corrected chi connectivity index (χ0v) is 22.0. The summed E-state index contributed by atoms with van der Waals surface area (Å²) in [5, 5.41) is 0. The van der Waals surface area contributed by atoms with Crippen LogP contribution >= 0.6 is 11.8 Å². The molecule has 1 fully saturated rings. The predicted octanol–water partition coefficient (Wildman–Crippen LogP) is 4.31. The van der Waals surface area contributed by atoms with Crippen molar-refractivity contribution in [2.24, 2.45) is 0 Å². The summed E-state index contributed by atoms with van der Waals surface area (Å²) in [5.74, 6) is -0.424. The lowest BCUT2D eigenvalue weighted by atomic mass is 9.95. The van der Waals surface area contributed by atoms with Crippen molar-refractivity contribution in [3.63, 3.8) is 0 Å². The lowest BCUT2D eigenvalue weighted by Crippen LogP contribution is -2.58. The molecule has 0 bridgehead atoms. The Morgan fingerprint density at radius 3 is 2.44 bits per heavy atom. The highest BCUT2D eigenvalue weighted by Crippen LogP contribution is 2.48. The third-order valence-electron chi connectivity index (χ3n) is 6.96. The number of piperidine rings is 1. The number of carbonyl (C=O) groups is 2. The molecule has 4 rings (SSSR count). The molecule has 1 amide bonds. The number of rotatable bonds is 8. The van der Waals surface area contributed by atoms with E-state index in [2.05, 4.69) is 11.8 Å². The van der Waals surface area contributed by atoms with Crippen LogP contribution in [-0.4, -0.2) is 68.5 Å². The average Bonchev–Trinajstić information content (AvgIpc) is 2.91. The van der Waals surface area contributed by atoms with Crippen LogP contribution in [0.4, 0.5) is 10.1 Å². The number of benzene rings is 2. The third-order valence-corrected chi connectivity index (χ3v) is 8.36. The van der Waals surface area contributed by atoms with Gasteiger partial charge in [-0.05, 0) is 68.8 Å². The maximum Gasteiger partial charge on any atom is 0.332 e. The van der Waals surface area contributed by atoms with Gasteiger partial charge in [-0.25, -0.2) is 9.18 Å². The number of thioether (sulfide) groups is 1. The average molecular weight is 517 g/mol. The van der Waals surface area contributed by atoms with Gasteiger partial charge in [0.1, 0.15) is 5.82 Å². The molecule has 0 aromatic heterocycles. The fourth-order valence-electron chi connectivity index (χ4n) is 5.02. The molecule has 0 saturated carbocycles. The quantitative estimate of drug-likeness (QED) is 0.383. The number of esters is 1. The highest BCUT2D eigenvalue weighted by molar-refractivity contribution is 8.02. The fraction of sp³-hybridized carbons (Fsp3) is 0.481. The Hall–Kier alpha value is -2.78. The minimum absolute atomic E-state index is 0.0462. The van der Waals surface area contributed by atoms with Gasteiger partial charge < -0.3 is 19.1 Å². The molecule has 2 heterocycles. The zero-order valence-electron chi connectivity index (χ0n) is 21.2. The fourth-order valence-corrected chi connectivity index (χ4v) is 6.41. The SMILES string of the molecule is COC(=O)C1(Cc2ccc(OC)c(OC)c2)Sc2ccc(F)cc2N(CC(C)N2CCCCC2)C1=O. The maximum absolute atomic E-state index is 14.3. The molecule has 36 heavy (non-hydrogen) atoms. The number of ether oxygens (including phenoxy) is 3. The Bertz CT molecular complexity index is 1120. The number of hydrogen-bond acceptors (Lipinski definition) is 7. The van der Waals surface area contributed by atoms with Gasteiger partial charge in [-0.1, -0.05) is 24.2 Å². The highest BCUT2D eigenvalue weighted by atomic mass is 32.2. The van der Waals surface area contributed by atoms with Crippen LogP contribution in [-0.2, 0) is 20.7 Å². The summed E-state index contributed by atoms with van der Waals surface area (Å²) in [4.78, 5) is 32.2. The van der Waals surface area contributed by atoms with Crippen molar-refractivity contribution in [2.75, 3.05) is 45.9 Å². The van der Waals surface area contributed by atoms with Crippen LogP contribution in [0.5, 0.6) is 11.5 Å². The molecule has 2 aliphatic heterocycles. The summed E-state index contributed by atoms with van der Waals surface area (Å²) < 4.78 is 28.7. The van der Waals surface area contributed by atoms with Crippen LogP contribution < -0.4 is 14.4 Å². The monoisotopic (exact) mass is 516 g/mol. The van der Waals surface area contributed by atoms with Gasteiger partial charge in [-0.2, -0.15) is 0 Å². The number of fused-ring (bicyclic) bond motifs is 1. The lowest BCUT2D eigenvalue weighted by molar-refractivity contribution is -0.147. The smallest absolute Gasteiger partial charge is 0.332 e. The van der Waals surface area contributed by atoms with E-state index in [1.54, 1.807) is 36.3 Å². The summed E-state index contributed by atoms with van der Waals surface area (Å²) in [7, 11) is 4.37. The number of carbonyl (C=O) groups excluding carboxylic acids is 2. The molecule has 0 N–H and O–H groups in total. The van der Waals surface area contributed by atoms with Crippen LogP contribution in [0.15, 0.2) is 41.3 Å². The summed E-state index contributed by atoms with van der Waals surface area (Å²) in [6.45, 7) is 4.34. The van der Waals surface area contributed by atoms with Crippen LogP contribution in [0.1, 0.15) is 31.7 Å². The normalized spacial score (nSPS) is 21.0. The number of nitrogens with zero attached hydrogens (tertiary/aromatic N) is 2. The van der Waals surface area contributed by atoms with E-state index in [1.807, 2.05) is 0 Å². The van der Waals surface area contributed by atoms with Gasteiger partial charge in [-0.15, -0.1) is 0 Å². The largest absolute Gasteiger partial charge is 0.493 e. The van der Waals surface area contributed by atoms with Gasteiger partial charge in [0.05, 0.1) is 27.0 Å². The van der Waals surface area contributed by atoms with Gasteiger partial charge in [-0.3, -0.25) is 9.69 Å². The first-order valence-electron chi connectivity index (χ1n) is 12.2. The second kappa shape index (κ2) is 11.1. The van der Waals surface area contributed by atoms with E-state index in [9.17, 15) is 14.0 Å². The van der Waals surface area contributed by atoms with E-state index in [4.69, 9.17) is 14.2 Å². The number of likely N-dealkylation sites (tertiary alicyclic amines) is 1. The molecule has 9 heteroatoms. The summed E-state index contributed by atoms with van der Waals surface area (Å²) >= 11 is 1.12. The lowest BCUT2D eigenvalue weighted by Gasteiger charge is -2.43. The molecular formula is C27H33FN2O5S. The van der Waals surface area contributed by atoms with Crippen LogP contribution in [0.25, 0.3) is 0 Å². The number of halogens is 1. The third kappa shape index (κ3) is 5.04. The van der Waals surface area contributed by atoms with Gasteiger partial charge in [0.25, 0.3) is 5.91 Å². The number of methoxy groups -OCH3 is 3. The molecule has 0 spiro atoms. The molecule has 1 saturated heterocycles. The molecule has 2 aromatic carbocycles.